The molecule has 1 saturated carbocycles. The molecule has 5 nitrogen and oxygen atoms in total. The van der Waals surface area contributed by atoms with Crippen molar-refractivity contribution in [2.45, 2.75) is 39.0 Å². The summed E-state index contributed by atoms with van der Waals surface area (Å²) in [5.74, 6) is -1.58. The molecule has 3 N–H and O–H groups in total. The van der Waals surface area contributed by atoms with Gasteiger partial charge in [0.15, 0.2) is 0 Å². The molecule has 1 amide bonds. The third-order valence-corrected chi connectivity index (χ3v) is 4.21. The number of nitrogens with one attached hydrogen (secondary N) is 1. The number of carboxylic acids is 1. The van der Waals surface area contributed by atoms with Crippen LogP contribution in [0, 0.1) is 5.41 Å². The van der Waals surface area contributed by atoms with E-state index in [0.29, 0.717) is 5.69 Å². The van der Waals surface area contributed by atoms with Crippen molar-refractivity contribution in [3.05, 3.63) is 23.8 Å². The minimum absolute atomic E-state index is 0.0417. The van der Waals surface area contributed by atoms with Crippen LogP contribution in [0.2, 0.25) is 0 Å². The van der Waals surface area contributed by atoms with Gasteiger partial charge in [-0.25, -0.2) is 4.79 Å². The van der Waals surface area contributed by atoms with Gasteiger partial charge in [-0.1, -0.05) is 19.8 Å². The molecule has 0 aliphatic heterocycles. The van der Waals surface area contributed by atoms with Gasteiger partial charge >= 0.3 is 5.97 Å². The zero-order chi connectivity index (χ0) is 14.8. The lowest BCUT2D eigenvalue weighted by Gasteiger charge is -2.26. The Labute approximate surface area is 117 Å². The fraction of sp³-hybridized carbons (Fsp3) is 0.467. The molecular weight excluding hydrogens is 258 g/mol. The van der Waals surface area contributed by atoms with Gasteiger partial charge in [-0.3, -0.25) is 4.79 Å². The first kappa shape index (κ1) is 14.4. The topological polar surface area (TPSA) is 86.6 Å². The highest BCUT2D eigenvalue weighted by atomic mass is 16.4. The zero-order valence-electron chi connectivity index (χ0n) is 11.5. The van der Waals surface area contributed by atoms with E-state index in [1.54, 1.807) is 0 Å². The van der Waals surface area contributed by atoms with Gasteiger partial charge in [0.2, 0.25) is 5.91 Å². The third-order valence-electron chi connectivity index (χ3n) is 4.21. The van der Waals surface area contributed by atoms with E-state index in [9.17, 15) is 14.7 Å². The summed E-state index contributed by atoms with van der Waals surface area (Å²) >= 11 is 0. The van der Waals surface area contributed by atoms with Crippen LogP contribution < -0.4 is 5.32 Å². The van der Waals surface area contributed by atoms with Gasteiger partial charge < -0.3 is 15.5 Å². The Morgan fingerprint density at radius 3 is 2.45 bits per heavy atom. The number of phenols is 1. The summed E-state index contributed by atoms with van der Waals surface area (Å²) in [6.45, 7) is 2.01. The average Bonchev–Trinajstić information content (AvgIpc) is 2.88. The predicted octanol–water partition coefficient (Wildman–Crippen LogP) is 3.00. The molecular formula is C15H19NO4. The van der Waals surface area contributed by atoms with Crippen molar-refractivity contribution in [1.82, 2.24) is 0 Å². The number of aromatic carboxylic acids is 1. The number of carbonyl (C=O) groups is 2. The fourth-order valence-corrected chi connectivity index (χ4v) is 2.85. The lowest BCUT2D eigenvalue weighted by Crippen LogP contribution is -2.33. The van der Waals surface area contributed by atoms with E-state index in [2.05, 4.69) is 5.32 Å². The number of hydrogen-bond donors (Lipinski definition) is 3. The Balaban J connectivity index is 2.16. The van der Waals surface area contributed by atoms with Crippen molar-refractivity contribution in [2.75, 3.05) is 5.32 Å². The standard InChI is InChI=1S/C15H19NO4/c1-2-15(7-3-4-8-15)14(20)16-10-5-6-11(13(18)19)12(17)9-10/h5-6,9,17H,2-4,7-8H2,1H3,(H,16,20)(H,18,19). The number of anilines is 1. The van der Waals surface area contributed by atoms with Crippen LogP contribution in [0.3, 0.4) is 0 Å². The summed E-state index contributed by atoms with van der Waals surface area (Å²) in [4.78, 5) is 23.2. The lowest BCUT2D eigenvalue weighted by atomic mass is 9.82. The van der Waals surface area contributed by atoms with Crippen molar-refractivity contribution in [3.63, 3.8) is 0 Å². The summed E-state index contributed by atoms with van der Waals surface area (Å²) in [7, 11) is 0. The number of benzene rings is 1. The molecule has 1 aliphatic carbocycles. The molecule has 20 heavy (non-hydrogen) atoms. The first-order chi connectivity index (χ1) is 9.48. The SMILES string of the molecule is CCC1(C(=O)Nc2ccc(C(=O)O)c(O)c2)CCCC1. The van der Waals surface area contributed by atoms with Crippen LogP contribution in [-0.2, 0) is 4.79 Å². The summed E-state index contributed by atoms with van der Waals surface area (Å²) in [6.07, 6.45) is 4.68. The maximum Gasteiger partial charge on any atom is 0.339 e. The quantitative estimate of drug-likeness (QED) is 0.789. The van der Waals surface area contributed by atoms with Gasteiger partial charge in [-0.15, -0.1) is 0 Å². The number of carboxylic acid groups (broad SMARTS) is 1. The van der Waals surface area contributed by atoms with E-state index in [4.69, 9.17) is 5.11 Å². The van der Waals surface area contributed by atoms with Crippen LogP contribution in [0.5, 0.6) is 5.75 Å². The Hall–Kier alpha value is -2.04. The smallest absolute Gasteiger partial charge is 0.339 e. The predicted molar refractivity (Wildman–Crippen MR) is 74.9 cm³/mol. The van der Waals surface area contributed by atoms with Crippen molar-refractivity contribution in [1.29, 1.82) is 0 Å². The van der Waals surface area contributed by atoms with Crippen molar-refractivity contribution >= 4 is 17.6 Å². The summed E-state index contributed by atoms with van der Waals surface area (Å²) in [6, 6.07) is 4.07. The highest BCUT2D eigenvalue weighted by Crippen LogP contribution is 2.42. The Morgan fingerprint density at radius 2 is 1.95 bits per heavy atom. The molecule has 0 aromatic heterocycles. The Kier molecular flexibility index (Phi) is 3.97. The van der Waals surface area contributed by atoms with Gasteiger partial charge in [-0.2, -0.15) is 0 Å². The van der Waals surface area contributed by atoms with E-state index < -0.39 is 5.97 Å². The summed E-state index contributed by atoms with van der Waals surface area (Å²) in [5, 5.41) is 21.3. The molecule has 0 heterocycles. The van der Waals surface area contributed by atoms with Crippen LogP contribution in [0.15, 0.2) is 18.2 Å². The molecule has 0 spiro atoms. The van der Waals surface area contributed by atoms with Crippen LogP contribution >= 0.6 is 0 Å². The molecule has 1 aliphatic rings. The van der Waals surface area contributed by atoms with Gasteiger partial charge in [-0.05, 0) is 31.4 Å². The van der Waals surface area contributed by atoms with E-state index in [1.165, 1.54) is 18.2 Å². The van der Waals surface area contributed by atoms with Gasteiger partial charge in [0.1, 0.15) is 11.3 Å². The normalized spacial score (nSPS) is 16.9. The molecule has 2 rings (SSSR count). The largest absolute Gasteiger partial charge is 0.507 e. The second kappa shape index (κ2) is 5.53. The number of amides is 1. The molecule has 0 unspecified atom stereocenters. The maximum atomic E-state index is 12.4. The second-order valence-electron chi connectivity index (χ2n) is 5.33. The van der Waals surface area contributed by atoms with Crippen LogP contribution in [0.4, 0.5) is 5.69 Å². The van der Waals surface area contributed by atoms with Crippen molar-refractivity contribution in [3.8, 4) is 5.75 Å². The maximum absolute atomic E-state index is 12.4. The fourth-order valence-electron chi connectivity index (χ4n) is 2.85. The first-order valence-electron chi connectivity index (χ1n) is 6.86. The van der Waals surface area contributed by atoms with Crippen LogP contribution in [-0.4, -0.2) is 22.1 Å². The summed E-state index contributed by atoms with van der Waals surface area (Å²) in [5.41, 5.74) is -0.0625. The third kappa shape index (κ3) is 2.61. The molecule has 0 atom stereocenters. The minimum atomic E-state index is -1.19. The molecule has 1 fully saturated rings. The molecule has 1 aromatic carbocycles. The molecule has 5 heteroatoms. The Bertz CT molecular complexity index is 533. The highest BCUT2D eigenvalue weighted by molar-refractivity contribution is 5.97. The highest BCUT2D eigenvalue weighted by Gasteiger charge is 2.39. The number of aromatic hydroxyl groups is 1. The zero-order valence-corrected chi connectivity index (χ0v) is 11.5. The van der Waals surface area contributed by atoms with Gasteiger partial charge in [0, 0.05) is 17.2 Å². The number of rotatable bonds is 4. The average molecular weight is 277 g/mol. The van der Waals surface area contributed by atoms with E-state index >= 15 is 0 Å². The summed E-state index contributed by atoms with van der Waals surface area (Å²) < 4.78 is 0. The lowest BCUT2D eigenvalue weighted by molar-refractivity contribution is -0.125. The van der Waals surface area contributed by atoms with Crippen LogP contribution in [0.25, 0.3) is 0 Å². The molecule has 0 bridgehead atoms. The van der Waals surface area contributed by atoms with Crippen LogP contribution in [0.1, 0.15) is 49.4 Å². The van der Waals surface area contributed by atoms with E-state index in [1.807, 2.05) is 6.92 Å². The van der Waals surface area contributed by atoms with E-state index in [0.717, 1.165) is 32.1 Å². The second-order valence-corrected chi connectivity index (χ2v) is 5.33. The molecule has 1 aromatic rings. The minimum Gasteiger partial charge on any atom is -0.507 e. The molecule has 0 radical (unpaired) electrons. The molecule has 108 valence electrons. The van der Waals surface area contributed by atoms with Crippen molar-refractivity contribution in [2.24, 2.45) is 5.41 Å². The van der Waals surface area contributed by atoms with Gasteiger partial charge in [0.25, 0.3) is 0 Å². The van der Waals surface area contributed by atoms with Gasteiger partial charge in [0.05, 0.1) is 0 Å². The number of carbonyl (C=O) groups excluding carboxylic acids is 1. The van der Waals surface area contributed by atoms with Crippen molar-refractivity contribution < 1.29 is 19.8 Å². The monoisotopic (exact) mass is 277 g/mol. The Morgan fingerprint density at radius 1 is 1.30 bits per heavy atom. The first-order valence-corrected chi connectivity index (χ1v) is 6.86. The molecule has 0 saturated heterocycles. The van der Waals surface area contributed by atoms with E-state index in [-0.39, 0.29) is 22.6 Å². The number of hydrogen-bond acceptors (Lipinski definition) is 3.